The lowest BCUT2D eigenvalue weighted by Crippen LogP contribution is -2.31. The fraction of sp³-hybridized carbons (Fsp3) is 0.162. The van der Waals surface area contributed by atoms with Gasteiger partial charge in [0.15, 0.2) is 11.0 Å². The minimum Gasteiger partial charge on any atom is -0.545 e. The molecular weight excluding hydrogens is 678 g/mol. The van der Waals surface area contributed by atoms with Crippen molar-refractivity contribution in [1.29, 1.82) is 0 Å². The minimum atomic E-state index is -4.61. The number of aryl methyl sites for hydroxylation is 1. The van der Waals surface area contributed by atoms with E-state index in [1.807, 2.05) is 0 Å². The van der Waals surface area contributed by atoms with Crippen LogP contribution in [0, 0.1) is 0 Å². The van der Waals surface area contributed by atoms with Gasteiger partial charge in [0.25, 0.3) is 5.82 Å². The number of halogens is 6. The average molecular weight is 707 g/mol. The molecule has 0 amide bonds. The van der Waals surface area contributed by atoms with Gasteiger partial charge in [-0.2, -0.15) is 26.3 Å². The van der Waals surface area contributed by atoms with Gasteiger partial charge in [-0.25, -0.2) is 13.9 Å². The zero-order chi connectivity index (χ0) is 36.8. The van der Waals surface area contributed by atoms with E-state index in [2.05, 4.69) is 0 Å². The van der Waals surface area contributed by atoms with Gasteiger partial charge in [0, 0.05) is 25.7 Å². The first kappa shape index (κ1) is 34.8. The van der Waals surface area contributed by atoms with Crippen LogP contribution in [-0.2, 0) is 32.5 Å². The molecule has 1 aromatic heterocycles. The highest BCUT2D eigenvalue weighted by Gasteiger charge is 2.36. The van der Waals surface area contributed by atoms with Gasteiger partial charge in [-0.05, 0) is 65.2 Å². The number of fused-ring (bicyclic) bond motifs is 2. The fourth-order valence-electron chi connectivity index (χ4n) is 6.08. The monoisotopic (exact) mass is 706 g/mol. The number of carbonyl (C=O) groups is 2. The molecule has 0 bridgehead atoms. The Morgan fingerprint density at radius 2 is 1.35 bits per heavy atom. The van der Waals surface area contributed by atoms with Crippen LogP contribution in [0.1, 0.15) is 48.8 Å². The van der Waals surface area contributed by atoms with Crippen LogP contribution >= 0.6 is 0 Å². The number of anilines is 2. The van der Waals surface area contributed by atoms with Gasteiger partial charge in [-0.1, -0.05) is 42.5 Å². The number of rotatable bonds is 8. The normalized spacial score (nSPS) is 14.2. The van der Waals surface area contributed by atoms with Crippen molar-refractivity contribution in [1.82, 2.24) is 4.57 Å². The lowest BCUT2D eigenvalue weighted by atomic mass is 10.1. The third kappa shape index (κ3) is 6.89. The maximum Gasteiger partial charge on any atom is 0.416 e. The van der Waals surface area contributed by atoms with Gasteiger partial charge in [-0.3, -0.25) is 0 Å². The summed E-state index contributed by atoms with van der Waals surface area (Å²) in [6.45, 7) is 0.167. The highest BCUT2D eigenvalue weighted by Crippen LogP contribution is 2.45. The molecule has 8 nitrogen and oxygen atoms in total. The molecule has 5 aromatic rings. The van der Waals surface area contributed by atoms with Crippen LogP contribution in [0.5, 0.6) is 0 Å². The summed E-state index contributed by atoms with van der Waals surface area (Å²) < 4.78 is 86.0. The van der Waals surface area contributed by atoms with Crippen LogP contribution in [0.25, 0.3) is 17.1 Å². The second kappa shape index (κ2) is 13.0. The molecule has 14 heteroatoms. The van der Waals surface area contributed by atoms with Crippen molar-refractivity contribution in [2.45, 2.75) is 25.4 Å². The Balaban J connectivity index is 1.44. The summed E-state index contributed by atoms with van der Waals surface area (Å²) in [6, 6.07) is 18.5. The molecule has 0 radical (unpaired) electrons. The number of alkyl halides is 6. The molecule has 0 aliphatic carbocycles. The molecule has 262 valence electrons. The summed E-state index contributed by atoms with van der Waals surface area (Å²) in [7, 11) is 3.37. The number of aromatic nitrogens is 2. The topological polar surface area (TPSA) is 92.7 Å². The molecule has 51 heavy (non-hydrogen) atoms. The van der Waals surface area contributed by atoms with Crippen molar-refractivity contribution in [3.05, 3.63) is 142 Å². The Morgan fingerprint density at radius 1 is 0.784 bits per heavy atom. The number of aromatic carboxylic acids is 2. The molecule has 0 saturated heterocycles. The summed E-state index contributed by atoms with van der Waals surface area (Å²) >= 11 is 0. The van der Waals surface area contributed by atoms with Crippen LogP contribution in [0.15, 0.2) is 103 Å². The fourth-order valence-corrected chi connectivity index (χ4v) is 6.08. The molecule has 1 N–H and O–H groups in total. The number of carboxylic acids is 2. The standard InChI is InChI=1S/C37H28F6N4O4/c1-44-28-16-14-26(36(38,39)40)18-30(28)46(20-22-6-10-24(11-7-22)34(48)49)32(44)4-3-5-33-45(2)29-17-15-27(37(41,42)43)19-31(29)47(33)21-23-8-12-25(13-9-23)35(50)51/h3-19H,20-21H2,1-2H3,(H-,48,49,50,51). The zero-order valence-electron chi connectivity index (χ0n) is 27.0. The average Bonchev–Trinajstić information content (AvgIpc) is 3.49. The Bertz CT molecular complexity index is 2220. The van der Waals surface area contributed by atoms with E-state index >= 15 is 0 Å². The van der Waals surface area contributed by atoms with Crippen molar-refractivity contribution in [3.8, 4) is 0 Å². The number of benzene rings is 4. The first-order valence-corrected chi connectivity index (χ1v) is 15.4. The third-order valence-electron chi connectivity index (χ3n) is 8.71. The van der Waals surface area contributed by atoms with E-state index in [4.69, 9.17) is 0 Å². The summed E-state index contributed by atoms with van der Waals surface area (Å²) in [5.41, 5.74) is 1.04. The number of carboxylic acid groups (broad SMARTS) is 2. The first-order chi connectivity index (χ1) is 24.0. The zero-order valence-corrected chi connectivity index (χ0v) is 27.0. The highest BCUT2D eigenvalue weighted by atomic mass is 19.4. The van der Waals surface area contributed by atoms with E-state index in [9.17, 15) is 46.1 Å². The number of hydrogen-bond donors (Lipinski definition) is 1. The number of allylic oxidation sites excluding steroid dienone is 2. The smallest absolute Gasteiger partial charge is 0.416 e. The van der Waals surface area contributed by atoms with E-state index in [0.29, 0.717) is 34.0 Å². The second-order valence-corrected chi connectivity index (χ2v) is 11.9. The van der Waals surface area contributed by atoms with Crippen LogP contribution in [0.2, 0.25) is 0 Å². The number of carbonyl (C=O) groups excluding carboxylic acids is 1. The predicted octanol–water partition coefficient (Wildman–Crippen LogP) is 6.62. The largest absolute Gasteiger partial charge is 0.545 e. The third-order valence-corrected chi connectivity index (χ3v) is 8.71. The Hall–Kier alpha value is -6.05. The molecule has 0 spiro atoms. The van der Waals surface area contributed by atoms with Gasteiger partial charge in [0.2, 0.25) is 0 Å². The van der Waals surface area contributed by atoms with E-state index in [1.165, 1.54) is 36.4 Å². The van der Waals surface area contributed by atoms with Crippen molar-refractivity contribution in [2.75, 3.05) is 16.8 Å². The van der Waals surface area contributed by atoms with Crippen LogP contribution in [-0.4, -0.2) is 28.7 Å². The highest BCUT2D eigenvalue weighted by molar-refractivity contribution is 5.88. The molecule has 6 rings (SSSR count). The molecule has 0 unspecified atom stereocenters. The SMILES string of the molecule is CN1/C(=C\C=C\c2n(Cc3ccc(C(=O)O)cc3)c3cc(C(F)(F)F)ccc3[n+]2C)N(Cc2ccc(C(=O)[O-])cc2)c2cc(C(F)(F)F)ccc21. The van der Waals surface area contributed by atoms with Gasteiger partial charge in [-0.15, -0.1) is 0 Å². The number of imidazole rings is 1. The number of hydrogen-bond acceptors (Lipinski definition) is 5. The molecule has 0 atom stereocenters. The maximum absolute atomic E-state index is 13.8. The van der Waals surface area contributed by atoms with Gasteiger partial charge >= 0.3 is 18.3 Å². The van der Waals surface area contributed by atoms with Crippen LogP contribution in [0.4, 0.5) is 37.7 Å². The van der Waals surface area contributed by atoms with Crippen molar-refractivity contribution in [3.63, 3.8) is 0 Å². The van der Waals surface area contributed by atoms with Crippen molar-refractivity contribution >= 4 is 40.4 Å². The van der Waals surface area contributed by atoms with Gasteiger partial charge in [0.1, 0.15) is 12.4 Å². The number of nitrogens with zero attached hydrogens (tertiary/aromatic N) is 4. The molecule has 0 fully saturated rings. The summed E-state index contributed by atoms with van der Waals surface area (Å²) in [4.78, 5) is 26.0. The summed E-state index contributed by atoms with van der Waals surface area (Å²) in [6.07, 6.45) is -4.25. The molecule has 1 aliphatic heterocycles. The molecule has 0 saturated carbocycles. The first-order valence-electron chi connectivity index (χ1n) is 15.4. The van der Waals surface area contributed by atoms with Crippen LogP contribution < -0.4 is 19.5 Å². The summed E-state index contributed by atoms with van der Waals surface area (Å²) in [5.74, 6) is -1.54. The summed E-state index contributed by atoms with van der Waals surface area (Å²) in [5, 5.41) is 20.6. The molecule has 1 aliphatic rings. The van der Waals surface area contributed by atoms with E-state index in [1.54, 1.807) is 75.5 Å². The minimum absolute atomic E-state index is 0.0520. The Kier molecular flexibility index (Phi) is 8.88. The Morgan fingerprint density at radius 3 is 1.94 bits per heavy atom. The predicted molar refractivity (Wildman–Crippen MR) is 175 cm³/mol. The molecular formula is C37H28F6N4O4. The second-order valence-electron chi connectivity index (χ2n) is 11.9. The van der Waals surface area contributed by atoms with E-state index in [0.717, 1.165) is 24.3 Å². The van der Waals surface area contributed by atoms with Crippen LogP contribution in [0.3, 0.4) is 0 Å². The Labute approximate surface area is 287 Å². The lowest BCUT2D eigenvalue weighted by molar-refractivity contribution is -0.647. The molecule has 4 aromatic carbocycles. The van der Waals surface area contributed by atoms with Gasteiger partial charge < -0.3 is 24.8 Å². The van der Waals surface area contributed by atoms with Crippen molar-refractivity contribution in [2.24, 2.45) is 7.05 Å². The van der Waals surface area contributed by atoms with E-state index in [-0.39, 0.29) is 35.4 Å². The van der Waals surface area contributed by atoms with Crippen molar-refractivity contribution < 1.29 is 50.7 Å². The molecule has 2 heterocycles. The van der Waals surface area contributed by atoms with Gasteiger partial charge in [0.05, 0.1) is 41.1 Å². The maximum atomic E-state index is 13.8. The lowest BCUT2D eigenvalue weighted by Gasteiger charge is -2.23. The quantitative estimate of drug-likeness (QED) is 0.144. The van der Waals surface area contributed by atoms with E-state index < -0.39 is 35.4 Å².